The highest BCUT2D eigenvalue weighted by molar-refractivity contribution is 6.30. The number of amides is 1. The molecule has 0 aliphatic heterocycles. The van der Waals surface area contributed by atoms with Crippen molar-refractivity contribution in [3.8, 4) is 5.75 Å². The van der Waals surface area contributed by atoms with Crippen LogP contribution in [0.2, 0.25) is 5.02 Å². The SMILES string of the molecule is O=C(COC(=O)Cc1noc2ccccc12)NCCOc1ccc(Cl)cc1. The molecule has 0 spiro atoms. The molecule has 0 fully saturated rings. The number of benzene rings is 2. The van der Waals surface area contributed by atoms with Gasteiger partial charge in [-0.2, -0.15) is 0 Å². The molecule has 1 aromatic heterocycles. The zero-order valence-corrected chi connectivity index (χ0v) is 15.1. The van der Waals surface area contributed by atoms with Gasteiger partial charge in [-0.3, -0.25) is 9.59 Å². The number of nitrogens with zero attached hydrogens (tertiary/aromatic N) is 1. The predicted octanol–water partition coefficient (Wildman–Crippen LogP) is 2.76. The van der Waals surface area contributed by atoms with E-state index >= 15 is 0 Å². The molecule has 8 heteroatoms. The first-order chi connectivity index (χ1) is 13.1. The molecule has 0 saturated carbocycles. The molecule has 3 rings (SSSR count). The Balaban J connectivity index is 1.35. The summed E-state index contributed by atoms with van der Waals surface area (Å²) in [6.45, 7) is 0.203. The van der Waals surface area contributed by atoms with Gasteiger partial charge in [0.2, 0.25) is 0 Å². The van der Waals surface area contributed by atoms with Crippen LogP contribution < -0.4 is 10.1 Å². The Morgan fingerprint density at radius 2 is 1.89 bits per heavy atom. The summed E-state index contributed by atoms with van der Waals surface area (Å²) in [5.74, 6) is -0.311. The van der Waals surface area contributed by atoms with Crippen molar-refractivity contribution in [3.05, 3.63) is 59.2 Å². The molecule has 0 bridgehead atoms. The van der Waals surface area contributed by atoms with Crippen molar-refractivity contribution in [2.24, 2.45) is 0 Å². The fourth-order valence-corrected chi connectivity index (χ4v) is 2.47. The van der Waals surface area contributed by atoms with Gasteiger partial charge in [-0.05, 0) is 36.4 Å². The highest BCUT2D eigenvalue weighted by Gasteiger charge is 2.14. The van der Waals surface area contributed by atoms with E-state index < -0.39 is 11.9 Å². The summed E-state index contributed by atoms with van der Waals surface area (Å²) in [5, 5.41) is 7.83. The van der Waals surface area contributed by atoms with E-state index in [2.05, 4.69) is 10.5 Å². The van der Waals surface area contributed by atoms with Crippen molar-refractivity contribution in [1.82, 2.24) is 10.5 Å². The second kappa shape index (κ2) is 9.05. The third-order valence-corrected chi connectivity index (χ3v) is 3.89. The van der Waals surface area contributed by atoms with Gasteiger partial charge in [0.05, 0.1) is 13.0 Å². The zero-order valence-electron chi connectivity index (χ0n) is 14.3. The van der Waals surface area contributed by atoms with Crippen LogP contribution >= 0.6 is 11.6 Å². The second-order valence-electron chi connectivity index (χ2n) is 5.62. The van der Waals surface area contributed by atoms with E-state index in [1.807, 2.05) is 18.2 Å². The molecule has 0 unspecified atom stereocenters. The smallest absolute Gasteiger partial charge is 0.312 e. The number of carbonyl (C=O) groups is 2. The first kappa shape index (κ1) is 18.7. The standard InChI is InChI=1S/C19H17ClN2O5/c20-13-5-7-14(8-6-13)25-10-9-21-18(23)12-26-19(24)11-16-15-3-1-2-4-17(15)27-22-16/h1-8H,9-12H2,(H,21,23). The number of hydrogen-bond acceptors (Lipinski definition) is 6. The molecular formula is C19H17ClN2O5. The van der Waals surface area contributed by atoms with Crippen molar-refractivity contribution in [2.75, 3.05) is 19.8 Å². The van der Waals surface area contributed by atoms with Gasteiger partial charge in [0.25, 0.3) is 5.91 Å². The van der Waals surface area contributed by atoms with Crippen LogP contribution in [0.4, 0.5) is 0 Å². The van der Waals surface area contributed by atoms with Crippen LogP contribution in [-0.4, -0.2) is 36.8 Å². The molecule has 2 aromatic carbocycles. The van der Waals surface area contributed by atoms with E-state index in [1.54, 1.807) is 30.3 Å². The minimum atomic E-state index is -0.554. The Labute approximate surface area is 160 Å². The van der Waals surface area contributed by atoms with E-state index in [0.717, 1.165) is 5.39 Å². The molecule has 0 radical (unpaired) electrons. The first-order valence-electron chi connectivity index (χ1n) is 8.26. The van der Waals surface area contributed by atoms with Crippen LogP contribution in [-0.2, 0) is 20.7 Å². The molecule has 27 heavy (non-hydrogen) atoms. The Morgan fingerprint density at radius 1 is 1.11 bits per heavy atom. The maximum absolute atomic E-state index is 11.9. The lowest BCUT2D eigenvalue weighted by Crippen LogP contribution is -2.32. The highest BCUT2D eigenvalue weighted by atomic mass is 35.5. The quantitative estimate of drug-likeness (QED) is 0.471. The van der Waals surface area contributed by atoms with Gasteiger partial charge >= 0.3 is 5.97 Å². The molecule has 0 aliphatic carbocycles. The van der Waals surface area contributed by atoms with Crippen molar-refractivity contribution >= 4 is 34.4 Å². The molecule has 140 valence electrons. The highest BCUT2D eigenvalue weighted by Crippen LogP contribution is 2.18. The molecule has 3 aromatic rings. The van der Waals surface area contributed by atoms with Crippen LogP contribution in [0.5, 0.6) is 5.75 Å². The third-order valence-electron chi connectivity index (χ3n) is 3.63. The maximum atomic E-state index is 11.9. The number of nitrogens with one attached hydrogen (secondary N) is 1. The van der Waals surface area contributed by atoms with E-state index in [1.165, 1.54) is 0 Å². The van der Waals surface area contributed by atoms with Crippen LogP contribution in [0.15, 0.2) is 53.1 Å². The second-order valence-corrected chi connectivity index (χ2v) is 6.05. The lowest BCUT2D eigenvalue weighted by molar-refractivity contribution is -0.147. The van der Waals surface area contributed by atoms with Crippen LogP contribution in [0.25, 0.3) is 11.0 Å². The number of hydrogen-bond donors (Lipinski definition) is 1. The first-order valence-corrected chi connectivity index (χ1v) is 8.63. The van der Waals surface area contributed by atoms with Crippen LogP contribution in [0.3, 0.4) is 0 Å². The van der Waals surface area contributed by atoms with Gasteiger partial charge in [-0.25, -0.2) is 0 Å². The molecule has 0 atom stereocenters. The molecule has 1 amide bonds. The fraction of sp³-hybridized carbons (Fsp3) is 0.211. The van der Waals surface area contributed by atoms with Gasteiger partial charge in [-0.15, -0.1) is 0 Å². The van der Waals surface area contributed by atoms with Crippen molar-refractivity contribution in [1.29, 1.82) is 0 Å². The molecule has 7 nitrogen and oxygen atoms in total. The third kappa shape index (κ3) is 5.46. The normalized spacial score (nSPS) is 10.6. The fourth-order valence-electron chi connectivity index (χ4n) is 2.34. The number of halogens is 1. The van der Waals surface area contributed by atoms with Crippen LogP contribution in [0.1, 0.15) is 5.69 Å². The van der Waals surface area contributed by atoms with E-state index in [0.29, 0.717) is 22.0 Å². The summed E-state index contributed by atoms with van der Waals surface area (Å²) in [6, 6.07) is 14.1. The summed E-state index contributed by atoms with van der Waals surface area (Å²) in [7, 11) is 0. The number of aromatic nitrogens is 1. The van der Waals surface area contributed by atoms with Gasteiger partial charge in [-0.1, -0.05) is 28.9 Å². The van der Waals surface area contributed by atoms with E-state index in [-0.39, 0.29) is 26.2 Å². The monoisotopic (exact) mass is 388 g/mol. The lowest BCUT2D eigenvalue weighted by Gasteiger charge is -2.08. The van der Waals surface area contributed by atoms with Crippen molar-refractivity contribution < 1.29 is 23.6 Å². The summed E-state index contributed by atoms with van der Waals surface area (Å²) in [6.07, 6.45) is -0.0655. The van der Waals surface area contributed by atoms with E-state index in [9.17, 15) is 9.59 Å². The summed E-state index contributed by atoms with van der Waals surface area (Å²) in [5.41, 5.74) is 1.08. The predicted molar refractivity (Wildman–Crippen MR) is 98.6 cm³/mol. The molecule has 0 aliphatic rings. The van der Waals surface area contributed by atoms with Gasteiger partial charge in [0.15, 0.2) is 12.2 Å². The average Bonchev–Trinajstić information content (AvgIpc) is 3.08. The minimum Gasteiger partial charge on any atom is -0.492 e. The molecular weight excluding hydrogens is 372 g/mol. The summed E-state index contributed by atoms with van der Waals surface area (Å²) in [4.78, 5) is 23.6. The molecule has 0 saturated heterocycles. The summed E-state index contributed by atoms with van der Waals surface area (Å²) >= 11 is 5.78. The lowest BCUT2D eigenvalue weighted by atomic mass is 10.2. The van der Waals surface area contributed by atoms with Crippen molar-refractivity contribution in [2.45, 2.75) is 6.42 Å². The number of esters is 1. The molecule has 1 N–H and O–H groups in total. The zero-order chi connectivity index (χ0) is 19.1. The number of fused-ring (bicyclic) bond motifs is 1. The summed E-state index contributed by atoms with van der Waals surface area (Å²) < 4.78 is 15.5. The number of rotatable bonds is 8. The number of ether oxygens (including phenoxy) is 2. The van der Waals surface area contributed by atoms with Gasteiger partial charge < -0.3 is 19.3 Å². The minimum absolute atomic E-state index is 0.0655. The largest absolute Gasteiger partial charge is 0.492 e. The Hall–Kier alpha value is -3.06. The Bertz CT molecular complexity index is 923. The number of carbonyl (C=O) groups excluding carboxylic acids is 2. The Kier molecular flexibility index (Phi) is 6.27. The van der Waals surface area contributed by atoms with Gasteiger partial charge in [0, 0.05) is 10.4 Å². The van der Waals surface area contributed by atoms with E-state index in [4.69, 9.17) is 25.6 Å². The van der Waals surface area contributed by atoms with Crippen LogP contribution in [0, 0.1) is 0 Å². The maximum Gasteiger partial charge on any atom is 0.312 e. The molecule has 1 heterocycles. The van der Waals surface area contributed by atoms with Crippen molar-refractivity contribution in [3.63, 3.8) is 0 Å². The topological polar surface area (TPSA) is 90.7 Å². The Morgan fingerprint density at radius 3 is 2.70 bits per heavy atom. The number of para-hydroxylation sites is 1. The average molecular weight is 389 g/mol. The van der Waals surface area contributed by atoms with Gasteiger partial charge in [0.1, 0.15) is 18.1 Å².